The molecule has 2 aromatic rings. The van der Waals surface area contributed by atoms with Gasteiger partial charge in [0.05, 0.1) is 12.5 Å². The van der Waals surface area contributed by atoms with E-state index in [2.05, 4.69) is 4.98 Å². The Morgan fingerprint density at radius 1 is 1.47 bits per heavy atom. The number of nitrogens with zero attached hydrogens (tertiary/aromatic N) is 1. The van der Waals surface area contributed by atoms with Crippen LogP contribution in [0, 0.1) is 6.92 Å². The smallest absolute Gasteiger partial charge is 0.0950 e. The fraction of sp³-hybridized carbons (Fsp3) is 0.250. The van der Waals surface area contributed by atoms with Gasteiger partial charge in [-0.15, -0.1) is 0 Å². The standard InChI is InChI=1S/C12H14N2O/c1-9-3-2-5-14-12(9)7-11(13)10-4-6-15-8-10/h2-6,8,11H,7,13H2,1H3. The molecule has 0 radical (unpaired) electrons. The molecule has 1 unspecified atom stereocenters. The Labute approximate surface area is 88.9 Å². The van der Waals surface area contributed by atoms with Crippen molar-refractivity contribution in [2.45, 2.75) is 19.4 Å². The lowest BCUT2D eigenvalue weighted by Crippen LogP contribution is -2.14. The zero-order valence-electron chi connectivity index (χ0n) is 8.68. The lowest BCUT2D eigenvalue weighted by atomic mass is 10.0. The first-order valence-corrected chi connectivity index (χ1v) is 4.95. The minimum atomic E-state index is -0.0441. The van der Waals surface area contributed by atoms with E-state index in [9.17, 15) is 0 Å². The zero-order chi connectivity index (χ0) is 10.7. The van der Waals surface area contributed by atoms with E-state index in [4.69, 9.17) is 10.2 Å². The molecule has 0 aliphatic heterocycles. The second-order valence-corrected chi connectivity index (χ2v) is 3.63. The Morgan fingerprint density at radius 3 is 3.00 bits per heavy atom. The Hall–Kier alpha value is -1.61. The van der Waals surface area contributed by atoms with Crippen LogP contribution in [0.2, 0.25) is 0 Å². The molecule has 2 heterocycles. The molecule has 0 aromatic carbocycles. The summed E-state index contributed by atoms with van der Waals surface area (Å²) in [5.41, 5.74) is 9.28. The molecule has 0 aliphatic rings. The number of hydrogen-bond donors (Lipinski definition) is 1. The molecule has 0 aliphatic carbocycles. The molecular formula is C12H14N2O. The summed E-state index contributed by atoms with van der Waals surface area (Å²) in [6.07, 6.45) is 5.86. The van der Waals surface area contributed by atoms with Crippen molar-refractivity contribution in [1.82, 2.24) is 4.98 Å². The summed E-state index contributed by atoms with van der Waals surface area (Å²) in [5, 5.41) is 0. The van der Waals surface area contributed by atoms with Crippen LogP contribution in [-0.4, -0.2) is 4.98 Å². The van der Waals surface area contributed by atoms with Crippen molar-refractivity contribution in [3.8, 4) is 0 Å². The van der Waals surface area contributed by atoms with Crippen LogP contribution in [0.1, 0.15) is 22.9 Å². The van der Waals surface area contributed by atoms with E-state index in [1.165, 1.54) is 5.56 Å². The molecule has 15 heavy (non-hydrogen) atoms. The first-order chi connectivity index (χ1) is 7.27. The van der Waals surface area contributed by atoms with Gasteiger partial charge in [0.15, 0.2) is 0 Å². The van der Waals surface area contributed by atoms with E-state index in [0.29, 0.717) is 0 Å². The van der Waals surface area contributed by atoms with Crippen LogP contribution in [0.3, 0.4) is 0 Å². The molecular weight excluding hydrogens is 188 g/mol. The summed E-state index contributed by atoms with van der Waals surface area (Å²) in [7, 11) is 0. The van der Waals surface area contributed by atoms with Gasteiger partial charge in [-0.25, -0.2) is 0 Å². The molecule has 3 heteroatoms. The van der Waals surface area contributed by atoms with E-state index >= 15 is 0 Å². The molecule has 0 amide bonds. The fourth-order valence-corrected chi connectivity index (χ4v) is 1.54. The van der Waals surface area contributed by atoms with Gasteiger partial charge in [-0.05, 0) is 24.6 Å². The van der Waals surface area contributed by atoms with Crippen LogP contribution in [0.15, 0.2) is 41.3 Å². The number of rotatable bonds is 3. The van der Waals surface area contributed by atoms with Crippen molar-refractivity contribution in [3.05, 3.63) is 53.7 Å². The third-order valence-electron chi connectivity index (χ3n) is 2.50. The van der Waals surface area contributed by atoms with Gasteiger partial charge in [-0.2, -0.15) is 0 Å². The van der Waals surface area contributed by atoms with E-state index in [1.807, 2.05) is 25.1 Å². The Morgan fingerprint density at radius 2 is 2.33 bits per heavy atom. The highest BCUT2D eigenvalue weighted by Gasteiger charge is 2.10. The van der Waals surface area contributed by atoms with Gasteiger partial charge < -0.3 is 10.2 Å². The average Bonchev–Trinajstić information content (AvgIpc) is 2.74. The molecule has 0 saturated heterocycles. The molecule has 0 bridgehead atoms. The maximum absolute atomic E-state index is 6.04. The molecule has 2 N–H and O–H groups in total. The lowest BCUT2D eigenvalue weighted by Gasteiger charge is -2.10. The van der Waals surface area contributed by atoms with Gasteiger partial charge in [-0.3, -0.25) is 4.98 Å². The maximum atomic E-state index is 6.04. The molecule has 0 saturated carbocycles. The normalized spacial score (nSPS) is 12.7. The number of hydrogen-bond acceptors (Lipinski definition) is 3. The number of furan rings is 1. The molecule has 1 atom stereocenters. The largest absolute Gasteiger partial charge is 0.472 e. The number of aromatic nitrogens is 1. The topological polar surface area (TPSA) is 52.0 Å². The molecule has 78 valence electrons. The predicted octanol–water partition coefficient (Wildman–Crippen LogP) is 2.23. The number of nitrogens with two attached hydrogens (primary N) is 1. The summed E-state index contributed by atoms with van der Waals surface area (Å²) in [5.74, 6) is 0. The van der Waals surface area contributed by atoms with Crippen LogP contribution in [0.5, 0.6) is 0 Å². The highest BCUT2D eigenvalue weighted by atomic mass is 16.3. The van der Waals surface area contributed by atoms with Crippen LogP contribution >= 0.6 is 0 Å². The third-order valence-corrected chi connectivity index (χ3v) is 2.50. The minimum Gasteiger partial charge on any atom is -0.472 e. The van der Waals surface area contributed by atoms with Crippen molar-refractivity contribution in [3.63, 3.8) is 0 Å². The molecule has 0 fully saturated rings. The molecule has 0 spiro atoms. The van der Waals surface area contributed by atoms with E-state index in [-0.39, 0.29) is 6.04 Å². The van der Waals surface area contributed by atoms with Gasteiger partial charge in [0.25, 0.3) is 0 Å². The lowest BCUT2D eigenvalue weighted by molar-refractivity contribution is 0.557. The van der Waals surface area contributed by atoms with Gasteiger partial charge in [-0.1, -0.05) is 6.07 Å². The summed E-state index contributed by atoms with van der Waals surface area (Å²) in [6.45, 7) is 2.05. The van der Waals surface area contributed by atoms with Crippen molar-refractivity contribution in [2.75, 3.05) is 0 Å². The second-order valence-electron chi connectivity index (χ2n) is 3.63. The number of aryl methyl sites for hydroxylation is 1. The van der Waals surface area contributed by atoms with E-state index < -0.39 is 0 Å². The predicted molar refractivity (Wildman–Crippen MR) is 58.3 cm³/mol. The van der Waals surface area contributed by atoms with Crippen molar-refractivity contribution in [2.24, 2.45) is 5.73 Å². The highest BCUT2D eigenvalue weighted by Crippen LogP contribution is 2.16. The zero-order valence-corrected chi connectivity index (χ0v) is 8.68. The Balaban J connectivity index is 2.13. The van der Waals surface area contributed by atoms with Crippen molar-refractivity contribution < 1.29 is 4.42 Å². The Kier molecular flexibility index (Phi) is 2.83. The molecule has 2 rings (SSSR count). The fourth-order valence-electron chi connectivity index (χ4n) is 1.54. The van der Waals surface area contributed by atoms with Gasteiger partial charge in [0, 0.05) is 29.9 Å². The van der Waals surface area contributed by atoms with E-state index in [1.54, 1.807) is 18.7 Å². The minimum absolute atomic E-state index is 0.0441. The van der Waals surface area contributed by atoms with Gasteiger partial charge in [0.2, 0.25) is 0 Å². The van der Waals surface area contributed by atoms with Crippen molar-refractivity contribution in [1.29, 1.82) is 0 Å². The number of pyridine rings is 1. The first-order valence-electron chi connectivity index (χ1n) is 4.95. The Bertz CT molecular complexity index is 423. The third kappa shape index (κ3) is 2.25. The molecule has 2 aromatic heterocycles. The summed E-state index contributed by atoms with van der Waals surface area (Å²) < 4.78 is 5.00. The van der Waals surface area contributed by atoms with Crippen LogP contribution in [0.4, 0.5) is 0 Å². The quantitative estimate of drug-likeness (QED) is 0.830. The van der Waals surface area contributed by atoms with Gasteiger partial charge in [0.1, 0.15) is 0 Å². The average molecular weight is 202 g/mol. The van der Waals surface area contributed by atoms with E-state index in [0.717, 1.165) is 17.7 Å². The highest BCUT2D eigenvalue weighted by molar-refractivity contribution is 5.21. The SMILES string of the molecule is Cc1cccnc1CC(N)c1ccoc1. The maximum Gasteiger partial charge on any atom is 0.0950 e. The summed E-state index contributed by atoms with van der Waals surface area (Å²) in [6, 6.07) is 5.83. The monoisotopic (exact) mass is 202 g/mol. The van der Waals surface area contributed by atoms with Crippen LogP contribution in [-0.2, 0) is 6.42 Å². The van der Waals surface area contributed by atoms with Crippen LogP contribution in [0.25, 0.3) is 0 Å². The first kappa shape index (κ1) is 9.93. The van der Waals surface area contributed by atoms with Gasteiger partial charge >= 0.3 is 0 Å². The van der Waals surface area contributed by atoms with Crippen molar-refractivity contribution >= 4 is 0 Å². The van der Waals surface area contributed by atoms with Crippen LogP contribution < -0.4 is 5.73 Å². The summed E-state index contributed by atoms with van der Waals surface area (Å²) >= 11 is 0. The second kappa shape index (κ2) is 4.28. The molecule has 3 nitrogen and oxygen atoms in total. The summed E-state index contributed by atoms with van der Waals surface area (Å²) in [4.78, 5) is 4.32.